The summed E-state index contributed by atoms with van der Waals surface area (Å²) in [6, 6.07) is 8.40. The number of ether oxygens (including phenoxy) is 2. The fourth-order valence-corrected chi connectivity index (χ4v) is 3.22. The second-order valence-corrected chi connectivity index (χ2v) is 6.99. The van der Waals surface area contributed by atoms with Crippen LogP contribution in [0.25, 0.3) is 11.5 Å². The summed E-state index contributed by atoms with van der Waals surface area (Å²) in [5.74, 6) is 0.717. The molecule has 0 aliphatic carbocycles. The monoisotopic (exact) mass is 461 g/mol. The number of aryl methyl sites for hydroxylation is 1. The fraction of sp³-hybridized carbons (Fsp3) is 0.263. The van der Waals surface area contributed by atoms with Gasteiger partial charge in [0.15, 0.2) is 5.82 Å². The molecule has 0 atom stereocenters. The number of carboxylic acid groups (broad SMARTS) is 1. The molecule has 0 bridgehead atoms. The lowest BCUT2D eigenvalue weighted by Gasteiger charge is -2.12. The van der Waals surface area contributed by atoms with Crippen LogP contribution >= 0.6 is 15.9 Å². The van der Waals surface area contributed by atoms with Gasteiger partial charge < -0.3 is 24.9 Å². The van der Waals surface area contributed by atoms with Crippen molar-refractivity contribution in [3.63, 3.8) is 0 Å². The number of aromatic carboxylic acids is 1. The maximum Gasteiger partial charge on any atom is 0.339 e. The minimum atomic E-state index is -1.07. The first-order chi connectivity index (χ1) is 14.0. The van der Waals surface area contributed by atoms with E-state index in [-0.39, 0.29) is 5.56 Å². The van der Waals surface area contributed by atoms with Crippen LogP contribution in [0.2, 0.25) is 0 Å². The number of hydrogen-bond donors (Lipinski definition) is 2. The first-order valence-electron chi connectivity index (χ1n) is 8.84. The van der Waals surface area contributed by atoms with Crippen LogP contribution in [-0.4, -0.2) is 44.5 Å². The Morgan fingerprint density at radius 3 is 2.83 bits per heavy atom. The van der Waals surface area contributed by atoms with Gasteiger partial charge in [0.05, 0.1) is 18.2 Å². The average molecular weight is 462 g/mol. The smallest absolute Gasteiger partial charge is 0.339 e. The van der Waals surface area contributed by atoms with Crippen LogP contribution in [0.15, 0.2) is 41.1 Å². The van der Waals surface area contributed by atoms with E-state index in [0.29, 0.717) is 52.9 Å². The normalized spacial score (nSPS) is 10.7. The molecule has 3 aromatic rings. The van der Waals surface area contributed by atoms with Gasteiger partial charge in [0.2, 0.25) is 0 Å². The van der Waals surface area contributed by atoms with E-state index in [1.807, 2.05) is 16.7 Å². The molecule has 152 valence electrons. The van der Waals surface area contributed by atoms with E-state index in [1.165, 1.54) is 13.2 Å². The number of hydrogen-bond acceptors (Lipinski definition) is 7. The minimum absolute atomic E-state index is 0.0545. The summed E-state index contributed by atoms with van der Waals surface area (Å²) in [5, 5.41) is 17.4. The highest BCUT2D eigenvalue weighted by Crippen LogP contribution is 2.33. The summed E-state index contributed by atoms with van der Waals surface area (Å²) in [6.45, 7) is 1.04. The molecule has 0 amide bonds. The third-order valence-corrected chi connectivity index (χ3v) is 4.77. The second kappa shape index (κ2) is 9.37. The molecule has 0 unspecified atom stereocenters. The van der Waals surface area contributed by atoms with Crippen LogP contribution in [0.3, 0.4) is 0 Å². The van der Waals surface area contributed by atoms with Crippen molar-refractivity contribution in [2.45, 2.75) is 19.4 Å². The topological polar surface area (TPSA) is 125 Å². The standard InChI is InChI=1S/C19H20BrN5O4/c1-28-16-9-12(19(26)27)15(10-13(16)20)29-8-3-2-7-25-11-22-24-18(25)14-5-4-6-17(21)23-14/h4-6,9-11H,2-3,7-8H2,1H3,(H2,21,23)(H,26,27). The number of unbranched alkanes of at least 4 members (excludes halogenated alkanes) is 1. The van der Waals surface area contributed by atoms with Crippen molar-refractivity contribution in [2.75, 3.05) is 19.5 Å². The van der Waals surface area contributed by atoms with Crippen LogP contribution in [-0.2, 0) is 6.54 Å². The van der Waals surface area contributed by atoms with Crippen molar-refractivity contribution < 1.29 is 19.4 Å². The molecule has 2 heterocycles. The number of aromatic nitrogens is 4. The molecular formula is C19H20BrN5O4. The molecule has 0 spiro atoms. The van der Waals surface area contributed by atoms with Gasteiger partial charge in [-0.1, -0.05) is 6.07 Å². The molecule has 10 heteroatoms. The number of rotatable bonds is 9. The lowest BCUT2D eigenvalue weighted by atomic mass is 10.2. The molecule has 0 saturated heterocycles. The Morgan fingerprint density at radius 2 is 2.10 bits per heavy atom. The molecule has 0 fully saturated rings. The number of halogens is 1. The highest BCUT2D eigenvalue weighted by Gasteiger charge is 2.16. The summed E-state index contributed by atoms with van der Waals surface area (Å²) in [6.07, 6.45) is 3.14. The van der Waals surface area contributed by atoms with Gasteiger partial charge in [-0.15, -0.1) is 10.2 Å². The van der Waals surface area contributed by atoms with Crippen LogP contribution in [0.1, 0.15) is 23.2 Å². The summed E-state index contributed by atoms with van der Waals surface area (Å²) in [7, 11) is 1.48. The second-order valence-electron chi connectivity index (χ2n) is 6.14. The van der Waals surface area contributed by atoms with Crippen molar-refractivity contribution in [1.82, 2.24) is 19.7 Å². The number of nitrogen functional groups attached to an aromatic ring is 1. The molecule has 0 saturated carbocycles. The summed E-state index contributed by atoms with van der Waals surface area (Å²) in [5.41, 5.74) is 6.45. The zero-order valence-electron chi connectivity index (χ0n) is 15.7. The van der Waals surface area contributed by atoms with Gasteiger partial charge in [0.25, 0.3) is 0 Å². The van der Waals surface area contributed by atoms with E-state index in [2.05, 4.69) is 31.1 Å². The van der Waals surface area contributed by atoms with Crippen molar-refractivity contribution in [3.8, 4) is 23.0 Å². The zero-order valence-corrected chi connectivity index (χ0v) is 17.3. The van der Waals surface area contributed by atoms with Crippen LogP contribution in [0.5, 0.6) is 11.5 Å². The number of carboxylic acids is 1. The van der Waals surface area contributed by atoms with Crippen LogP contribution < -0.4 is 15.2 Å². The average Bonchev–Trinajstić information content (AvgIpc) is 3.16. The van der Waals surface area contributed by atoms with Crippen molar-refractivity contribution in [3.05, 3.63) is 46.7 Å². The number of benzene rings is 1. The first kappa shape index (κ1) is 20.6. The highest BCUT2D eigenvalue weighted by atomic mass is 79.9. The Hall–Kier alpha value is -3.14. The van der Waals surface area contributed by atoms with E-state index in [1.54, 1.807) is 18.5 Å². The quantitative estimate of drug-likeness (QED) is 0.465. The predicted molar refractivity (Wildman–Crippen MR) is 110 cm³/mol. The SMILES string of the molecule is COc1cc(C(=O)O)c(OCCCCn2cnnc2-c2cccc(N)n2)cc1Br. The minimum Gasteiger partial charge on any atom is -0.496 e. The lowest BCUT2D eigenvalue weighted by Crippen LogP contribution is -2.07. The van der Waals surface area contributed by atoms with E-state index < -0.39 is 5.97 Å². The molecule has 0 aliphatic heterocycles. The molecular weight excluding hydrogens is 442 g/mol. The lowest BCUT2D eigenvalue weighted by molar-refractivity contribution is 0.0691. The maximum absolute atomic E-state index is 11.5. The molecule has 3 rings (SSSR count). The van der Waals surface area contributed by atoms with Gasteiger partial charge in [-0.05, 0) is 53.0 Å². The van der Waals surface area contributed by atoms with Gasteiger partial charge in [0, 0.05) is 6.54 Å². The van der Waals surface area contributed by atoms with Crippen molar-refractivity contribution in [1.29, 1.82) is 0 Å². The Bertz CT molecular complexity index is 1010. The fourth-order valence-electron chi connectivity index (χ4n) is 2.74. The van der Waals surface area contributed by atoms with Gasteiger partial charge in [-0.3, -0.25) is 0 Å². The van der Waals surface area contributed by atoms with Gasteiger partial charge in [-0.25, -0.2) is 9.78 Å². The van der Waals surface area contributed by atoms with E-state index in [9.17, 15) is 9.90 Å². The molecule has 9 nitrogen and oxygen atoms in total. The Labute approximate surface area is 175 Å². The number of nitrogens with two attached hydrogens (primary N) is 1. The summed E-state index contributed by atoms with van der Waals surface area (Å²) in [4.78, 5) is 15.7. The van der Waals surface area contributed by atoms with Crippen LogP contribution in [0, 0.1) is 0 Å². The van der Waals surface area contributed by atoms with E-state index >= 15 is 0 Å². The maximum atomic E-state index is 11.5. The number of nitrogens with zero attached hydrogens (tertiary/aromatic N) is 4. The van der Waals surface area contributed by atoms with Crippen molar-refractivity contribution in [2.24, 2.45) is 0 Å². The number of anilines is 1. The molecule has 2 aromatic heterocycles. The first-order valence-corrected chi connectivity index (χ1v) is 9.63. The largest absolute Gasteiger partial charge is 0.496 e. The van der Waals surface area contributed by atoms with Gasteiger partial charge in [-0.2, -0.15) is 0 Å². The highest BCUT2D eigenvalue weighted by molar-refractivity contribution is 9.10. The molecule has 0 radical (unpaired) electrons. The Morgan fingerprint density at radius 1 is 1.28 bits per heavy atom. The molecule has 3 N–H and O–H groups in total. The van der Waals surface area contributed by atoms with Crippen molar-refractivity contribution >= 4 is 27.7 Å². The van der Waals surface area contributed by atoms with Gasteiger partial charge >= 0.3 is 5.97 Å². The third kappa shape index (κ3) is 5.02. The molecule has 29 heavy (non-hydrogen) atoms. The van der Waals surface area contributed by atoms with Gasteiger partial charge in [0.1, 0.15) is 34.9 Å². The summed E-state index contributed by atoms with van der Waals surface area (Å²) < 4.78 is 13.4. The predicted octanol–water partition coefficient (Wildman–Crippen LogP) is 3.25. The zero-order chi connectivity index (χ0) is 20.8. The van der Waals surface area contributed by atoms with Crippen LogP contribution in [0.4, 0.5) is 5.82 Å². The number of pyridine rings is 1. The van der Waals surface area contributed by atoms with E-state index in [4.69, 9.17) is 15.2 Å². The molecule has 1 aromatic carbocycles. The van der Waals surface area contributed by atoms with E-state index in [0.717, 1.165) is 6.42 Å². The Kier molecular flexibility index (Phi) is 6.65. The number of methoxy groups -OCH3 is 1. The number of carbonyl (C=O) groups is 1. The Balaban J connectivity index is 1.57. The summed E-state index contributed by atoms with van der Waals surface area (Å²) >= 11 is 3.34. The molecule has 0 aliphatic rings. The third-order valence-electron chi connectivity index (χ3n) is 4.15.